The number of β-lactam (4-membered cyclic amide) rings is 1. The third-order valence-corrected chi connectivity index (χ3v) is 7.17. The van der Waals surface area contributed by atoms with Crippen LogP contribution in [-0.4, -0.2) is 64.6 Å². The zero-order chi connectivity index (χ0) is 27.4. The van der Waals surface area contributed by atoms with Crippen molar-refractivity contribution in [1.82, 2.24) is 15.1 Å². The maximum Gasteiger partial charge on any atom is 0.408 e. The standard InChI is InChI=1S/C29H33N3O5S/c1-29(2,3)37-28(35)30-22-25(33)32-23(21(16-17-31(4)5)18-38-26(22)32)27(34)36-24(19-12-8-6-9-13-19)20-14-10-7-11-15-20/h6-17,22,24,26H,18H2,1-5H3,(H,30,35)/b17-16+/t22-,26-/m1/s1. The number of fused-ring (bicyclic) bond motifs is 1. The molecular weight excluding hydrogens is 502 g/mol. The molecule has 38 heavy (non-hydrogen) atoms. The number of ether oxygens (including phenoxy) is 2. The van der Waals surface area contributed by atoms with Crippen molar-refractivity contribution in [1.29, 1.82) is 0 Å². The number of carbonyl (C=O) groups is 3. The van der Waals surface area contributed by atoms with Gasteiger partial charge in [-0.3, -0.25) is 9.69 Å². The van der Waals surface area contributed by atoms with E-state index in [0.29, 0.717) is 11.3 Å². The van der Waals surface area contributed by atoms with Gasteiger partial charge in [-0.25, -0.2) is 9.59 Å². The summed E-state index contributed by atoms with van der Waals surface area (Å²) in [6, 6.07) is 18.2. The van der Waals surface area contributed by atoms with E-state index >= 15 is 0 Å². The SMILES string of the molecule is CN(C)/C=C/C1=C(C(=O)OC(c2ccccc2)c2ccccc2)N2C(=O)[C@@H](NC(=O)OC(C)(C)C)[C@H]2SC1. The van der Waals surface area contributed by atoms with Gasteiger partial charge < -0.3 is 19.7 Å². The lowest BCUT2D eigenvalue weighted by molar-refractivity contribution is -0.153. The van der Waals surface area contributed by atoms with E-state index in [1.807, 2.05) is 91.9 Å². The van der Waals surface area contributed by atoms with Crippen molar-refractivity contribution in [3.05, 3.63) is 95.3 Å². The molecule has 0 radical (unpaired) electrons. The molecule has 1 saturated heterocycles. The first-order valence-corrected chi connectivity index (χ1v) is 13.4. The van der Waals surface area contributed by atoms with Crippen LogP contribution in [0.2, 0.25) is 0 Å². The number of rotatable bonds is 7. The smallest absolute Gasteiger partial charge is 0.408 e. The van der Waals surface area contributed by atoms with Gasteiger partial charge in [0.25, 0.3) is 5.91 Å². The fourth-order valence-corrected chi connectivity index (χ4v) is 5.50. The predicted octanol–water partition coefficient (Wildman–Crippen LogP) is 4.46. The van der Waals surface area contributed by atoms with E-state index in [4.69, 9.17) is 9.47 Å². The van der Waals surface area contributed by atoms with E-state index < -0.39 is 35.2 Å². The van der Waals surface area contributed by atoms with Crippen LogP contribution in [0.1, 0.15) is 38.0 Å². The Morgan fingerprint density at radius 2 is 1.63 bits per heavy atom. The van der Waals surface area contributed by atoms with Gasteiger partial charge >= 0.3 is 12.1 Å². The maximum atomic E-state index is 13.8. The van der Waals surface area contributed by atoms with Gasteiger partial charge in [0.1, 0.15) is 22.7 Å². The van der Waals surface area contributed by atoms with Crippen molar-refractivity contribution in [3.63, 3.8) is 0 Å². The normalized spacial score (nSPS) is 19.2. The number of nitrogens with zero attached hydrogens (tertiary/aromatic N) is 2. The van der Waals surface area contributed by atoms with Crippen LogP contribution in [0.4, 0.5) is 4.79 Å². The molecule has 2 atom stereocenters. The Kier molecular flexibility index (Phi) is 8.16. The van der Waals surface area contributed by atoms with Crippen LogP contribution in [0, 0.1) is 0 Å². The molecule has 0 spiro atoms. The van der Waals surface area contributed by atoms with Crippen LogP contribution in [0.25, 0.3) is 0 Å². The lowest BCUT2D eigenvalue weighted by atomic mass is 10.0. The minimum absolute atomic E-state index is 0.191. The first-order chi connectivity index (χ1) is 18.0. The first kappa shape index (κ1) is 27.3. The zero-order valence-corrected chi connectivity index (χ0v) is 23.0. The first-order valence-electron chi connectivity index (χ1n) is 12.4. The van der Waals surface area contributed by atoms with Gasteiger partial charge in [-0.2, -0.15) is 0 Å². The Hall–Kier alpha value is -3.72. The zero-order valence-electron chi connectivity index (χ0n) is 22.2. The molecule has 4 rings (SSSR count). The minimum atomic E-state index is -0.795. The topological polar surface area (TPSA) is 88.2 Å². The number of esters is 1. The number of nitrogens with one attached hydrogen (secondary N) is 1. The molecule has 200 valence electrons. The van der Waals surface area contributed by atoms with Crippen LogP contribution < -0.4 is 5.32 Å². The van der Waals surface area contributed by atoms with Gasteiger partial charge in [-0.15, -0.1) is 11.8 Å². The number of hydrogen-bond acceptors (Lipinski definition) is 7. The van der Waals surface area contributed by atoms with Crippen LogP contribution in [0.15, 0.2) is 84.2 Å². The van der Waals surface area contributed by atoms with Crippen molar-refractivity contribution >= 4 is 29.7 Å². The molecule has 1 fully saturated rings. The Labute approximate surface area is 227 Å². The second-order valence-electron chi connectivity index (χ2n) is 10.3. The number of thioether (sulfide) groups is 1. The molecule has 2 aliphatic rings. The predicted molar refractivity (Wildman–Crippen MR) is 147 cm³/mol. The summed E-state index contributed by atoms with van der Waals surface area (Å²) in [5, 5.41) is 2.22. The van der Waals surface area contributed by atoms with Crippen LogP contribution in [-0.2, 0) is 19.1 Å². The summed E-state index contributed by atoms with van der Waals surface area (Å²) in [5.41, 5.74) is 1.81. The van der Waals surface area contributed by atoms with Gasteiger partial charge in [0.15, 0.2) is 6.10 Å². The van der Waals surface area contributed by atoms with Crippen LogP contribution in [0.5, 0.6) is 0 Å². The Balaban J connectivity index is 1.64. The molecule has 9 heteroatoms. The monoisotopic (exact) mass is 535 g/mol. The third-order valence-electron chi connectivity index (χ3n) is 5.87. The molecule has 2 aromatic rings. The van der Waals surface area contributed by atoms with Gasteiger partial charge in [0, 0.05) is 19.8 Å². The van der Waals surface area contributed by atoms with Gasteiger partial charge in [-0.1, -0.05) is 60.7 Å². The molecule has 1 N–H and O–H groups in total. The molecule has 8 nitrogen and oxygen atoms in total. The summed E-state index contributed by atoms with van der Waals surface area (Å²) in [4.78, 5) is 42.8. The van der Waals surface area contributed by atoms with E-state index in [9.17, 15) is 14.4 Å². The molecular formula is C29H33N3O5S. The summed E-state index contributed by atoms with van der Waals surface area (Å²) in [5.74, 6) is -0.515. The van der Waals surface area contributed by atoms with Crippen molar-refractivity contribution in [2.45, 2.75) is 43.9 Å². The average Bonchev–Trinajstić information content (AvgIpc) is 2.88. The van der Waals surface area contributed by atoms with Crippen LogP contribution >= 0.6 is 11.8 Å². The van der Waals surface area contributed by atoms with E-state index in [2.05, 4.69) is 5.32 Å². The van der Waals surface area contributed by atoms with Gasteiger partial charge in [-0.05, 0) is 49.7 Å². The number of benzene rings is 2. The lowest BCUT2D eigenvalue weighted by Crippen LogP contribution is -2.70. The average molecular weight is 536 g/mol. The van der Waals surface area contributed by atoms with Gasteiger partial charge in [0.2, 0.25) is 0 Å². The summed E-state index contributed by atoms with van der Waals surface area (Å²) < 4.78 is 11.5. The summed E-state index contributed by atoms with van der Waals surface area (Å²) in [7, 11) is 3.76. The van der Waals surface area contributed by atoms with E-state index in [0.717, 1.165) is 11.1 Å². The third kappa shape index (κ3) is 6.22. The number of allylic oxidation sites excluding steroid dienone is 1. The second-order valence-corrected chi connectivity index (χ2v) is 11.4. The molecule has 0 saturated carbocycles. The van der Waals surface area contributed by atoms with E-state index in [1.165, 1.54) is 16.7 Å². The summed E-state index contributed by atoms with van der Waals surface area (Å²) >= 11 is 1.48. The summed E-state index contributed by atoms with van der Waals surface area (Å²) in [6.45, 7) is 5.27. The van der Waals surface area contributed by atoms with Crippen LogP contribution in [0.3, 0.4) is 0 Å². The summed E-state index contributed by atoms with van der Waals surface area (Å²) in [6.07, 6.45) is 2.32. The molecule has 0 bridgehead atoms. The molecule has 2 aliphatic heterocycles. The Morgan fingerprint density at radius 3 is 2.16 bits per heavy atom. The van der Waals surface area contributed by atoms with Crippen molar-refractivity contribution in [2.24, 2.45) is 0 Å². The molecule has 2 aromatic carbocycles. The van der Waals surface area contributed by atoms with E-state index in [-0.39, 0.29) is 11.6 Å². The lowest BCUT2D eigenvalue weighted by Gasteiger charge is -2.49. The Bertz CT molecular complexity index is 1200. The highest BCUT2D eigenvalue weighted by Gasteiger charge is 2.54. The highest BCUT2D eigenvalue weighted by molar-refractivity contribution is 8.00. The molecule has 0 unspecified atom stereocenters. The number of amides is 2. The molecule has 0 aliphatic carbocycles. The highest BCUT2D eigenvalue weighted by atomic mass is 32.2. The number of carbonyl (C=O) groups excluding carboxylic acids is 3. The van der Waals surface area contributed by atoms with Gasteiger partial charge in [0.05, 0.1) is 0 Å². The molecule has 2 amide bonds. The Morgan fingerprint density at radius 1 is 1.05 bits per heavy atom. The number of alkyl carbamates (subject to hydrolysis) is 1. The fourth-order valence-electron chi connectivity index (χ4n) is 4.18. The fraction of sp³-hybridized carbons (Fsp3) is 0.345. The second kappa shape index (κ2) is 11.3. The highest BCUT2D eigenvalue weighted by Crippen LogP contribution is 2.42. The molecule has 0 aromatic heterocycles. The van der Waals surface area contributed by atoms with E-state index in [1.54, 1.807) is 20.8 Å². The van der Waals surface area contributed by atoms with Crippen molar-refractivity contribution < 1.29 is 23.9 Å². The largest absolute Gasteiger partial charge is 0.448 e. The molecule has 2 heterocycles. The minimum Gasteiger partial charge on any atom is -0.448 e. The van der Waals surface area contributed by atoms with Crippen molar-refractivity contribution in [3.8, 4) is 0 Å². The quantitative estimate of drug-likeness (QED) is 0.414. The maximum absolute atomic E-state index is 13.8. The van der Waals surface area contributed by atoms with Crippen molar-refractivity contribution in [2.75, 3.05) is 19.8 Å². The number of hydrogen-bond donors (Lipinski definition) is 1.